The zero-order valence-electron chi connectivity index (χ0n) is 27.1. The number of aliphatic hydroxyl groups is 1. The predicted octanol–water partition coefficient (Wildman–Crippen LogP) is 7.51. The lowest BCUT2D eigenvalue weighted by atomic mass is 9.82. The summed E-state index contributed by atoms with van der Waals surface area (Å²) in [6.45, 7) is 10.5. The highest BCUT2D eigenvalue weighted by molar-refractivity contribution is 5.86. The van der Waals surface area contributed by atoms with Gasteiger partial charge in [-0.3, -0.25) is 9.78 Å². The molecule has 4 aromatic rings. The Kier molecular flexibility index (Phi) is 10.1. The number of anilines is 2. The fourth-order valence-electron chi connectivity index (χ4n) is 6.37. The van der Waals surface area contributed by atoms with Gasteiger partial charge in [0.2, 0.25) is 0 Å². The molecule has 0 aliphatic carbocycles. The summed E-state index contributed by atoms with van der Waals surface area (Å²) in [7, 11) is 0. The lowest BCUT2D eigenvalue weighted by Crippen LogP contribution is -2.38. The molecule has 1 saturated heterocycles. The molecule has 1 unspecified atom stereocenters. The van der Waals surface area contributed by atoms with Crippen molar-refractivity contribution < 1.29 is 23.8 Å². The normalized spacial score (nSPS) is 15.1. The fourth-order valence-corrected chi connectivity index (χ4v) is 6.37. The number of rotatable bonds is 11. The van der Waals surface area contributed by atoms with Crippen molar-refractivity contribution in [3.8, 4) is 11.1 Å². The monoisotopic (exact) mass is 627 g/mol. The molecule has 1 fully saturated rings. The number of aliphatic carboxylic acids is 1. The van der Waals surface area contributed by atoms with E-state index >= 15 is 0 Å². The van der Waals surface area contributed by atoms with Crippen molar-refractivity contribution in [3.63, 3.8) is 0 Å². The molecule has 6 nitrogen and oxygen atoms in total. The van der Waals surface area contributed by atoms with E-state index in [0.29, 0.717) is 19.4 Å². The topological polar surface area (TPSA) is 76.9 Å². The van der Waals surface area contributed by atoms with Crippen LogP contribution in [0.5, 0.6) is 0 Å². The predicted molar refractivity (Wildman–Crippen MR) is 179 cm³/mol. The average Bonchev–Trinajstić information content (AvgIpc) is 3.01. The first-order valence-corrected chi connectivity index (χ1v) is 15.9. The molecule has 0 bridgehead atoms. The molecule has 1 aromatic heterocycles. The van der Waals surface area contributed by atoms with Crippen molar-refractivity contribution in [1.29, 1.82) is 0 Å². The molecule has 1 aliphatic rings. The molecule has 0 saturated carbocycles. The van der Waals surface area contributed by atoms with Crippen molar-refractivity contribution in [1.82, 2.24) is 4.98 Å². The third-order valence-electron chi connectivity index (χ3n) is 9.15. The number of piperidine rings is 1. The summed E-state index contributed by atoms with van der Waals surface area (Å²) in [6, 6.07) is 20.4. The van der Waals surface area contributed by atoms with Crippen LogP contribution in [-0.2, 0) is 24.1 Å². The molecule has 242 valence electrons. The number of nitrogens with zero attached hydrogens (tertiary/aromatic N) is 3. The maximum Gasteiger partial charge on any atom is 0.307 e. The number of aryl methyl sites for hydroxylation is 2. The quantitative estimate of drug-likeness (QED) is 0.168. The number of aromatic nitrogens is 1. The van der Waals surface area contributed by atoms with Gasteiger partial charge in [-0.2, -0.15) is 0 Å². The van der Waals surface area contributed by atoms with Gasteiger partial charge in [0.1, 0.15) is 17.9 Å². The van der Waals surface area contributed by atoms with Gasteiger partial charge in [-0.05, 0) is 91.6 Å². The summed E-state index contributed by atoms with van der Waals surface area (Å²) < 4.78 is 27.1. The molecule has 2 heterocycles. The second-order valence-corrected chi connectivity index (χ2v) is 13.1. The van der Waals surface area contributed by atoms with Crippen LogP contribution in [-0.4, -0.2) is 47.0 Å². The van der Waals surface area contributed by atoms with Gasteiger partial charge in [-0.25, -0.2) is 8.78 Å². The van der Waals surface area contributed by atoms with Crippen molar-refractivity contribution in [3.05, 3.63) is 113 Å². The highest BCUT2D eigenvalue weighted by atomic mass is 19.1. The van der Waals surface area contributed by atoms with Crippen LogP contribution in [0.3, 0.4) is 0 Å². The highest BCUT2D eigenvalue weighted by Crippen LogP contribution is 2.42. The first-order chi connectivity index (χ1) is 21.9. The Bertz CT molecular complexity index is 1650. The van der Waals surface area contributed by atoms with E-state index in [0.717, 1.165) is 76.5 Å². The van der Waals surface area contributed by atoms with E-state index in [1.165, 1.54) is 24.3 Å². The second-order valence-electron chi connectivity index (χ2n) is 13.1. The Morgan fingerprint density at radius 2 is 1.46 bits per heavy atom. The molecule has 46 heavy (non-hydrogen) atoms. The van der Waals surface area contributed by atoms with Gasteiger partial charge in [0.05, 0.1) is 12.1 Å². The lowest BCUT2D eigenvalue weighted by Gasteiger charge is -2.40. The van der Waals surface area contributed by atoms with E-state index in [-0.39, 0.29) is 23.5 Å². The molecule has 2 N–H and O–H groups in total. The average molecular weight is 628 g/mol. The Hall–Kier alpha value is -4.30. The van der Waals surface area contributed by atoms with Crippen LogP contribution in [0.15, 0.2) is 72.8 Å². The van der Waals surface area contributed by atoms with Gasteiger partial charge >= 0.3 is 5.97 Å². The number of carbonyl (C=O) groups is 1. The van der Waals surface area contributed by atoms with E-state index in [9.17, 15) is 23.8 Å². The van der Waals surface area contributed by atoms with Gasteiger partial charge in [0.15, 0.2) is 0 Å². The van der Waals surface area contributed by atoms with E-state index < -0.39 is 12.2 Å². The molecule has 3 aromatic carbocycles. The van der Waals surface area contributed by atoms with Gasteiger partial charge in [0, 0.05) is 54.3 Å². The first kappa shape index (κ1) is 33.1. The number of hydrogen-bond acceptors (Lipinski definition) is 5. The Balaban J connectivity index is 1.50. The number of aliphatic hydroxyl groups excluding tert-OH is 1. The first-order valence-electron chi connectivity index (χ1n) is 15.9. The number of hydrogen-bond donors (Lipinski definition) is 2. The lowest BCUT2D eigenvalue weighted by molar-refractivity contribution is -0.136. The molecule has 0 amide bonds. The van der Waals surface area contributed by atoms with Crippen LogP contribution in [0.25, 0.3) is 11.1 Å². The summed E-state index contributed by atoms with van der Waals surface area (Å²) in [5, 5.41) is 21.3. The van der Waals surface area contributed by atoms with E-state index in [2.05, 4.69) is 18.7 Å². The van der Waals surface area contributed by atoms with Crippen LogP contribution in [0.4, 0.5) is 20.2 Å². The molecular weight excluding hydrogens is 584 g/mol. The zero-order chi connectivity index (χ0) is 33.0. The third-order valence-corrected chi connectivity index (χ3v) is 9.15. The maximum atomic E-state index is 13.5. The third kappa shape index (κ3) is 7.91. The Morgan fingerprint density at radius 3 is 2.02 bits per heavy atom. The van der Waals surface area contributed by atoms with Gasteiger partial charge in [0.25, 0.3) is 0 Å². The minimum Gasteiger partial charge on any atom is -0.481 e. The van der Waals surface area contributed by atoms with Gasteiger partial charge < -0.3 is 20.0 Å². The van der Waals surface area contributed by atoms with Crippen LogP contribution < -0.4 is 9.80 Å². The minimum absolute atomic E-state index is 0.105. The molecule has 0 radical (unpaired) electrons. The molecule has 1 aliphatic heterocycles. The largest absolute Gasteiger partial charge is 0.481 e. The molecule has 5 rings (SSSR count). The zero-order valence-corrected chi connectivity index (χ0v) is 27.1. The van der Waals surface area contributed by atoms with Crippen LogP contribution in [0, 0.1) is 30.9 Å². The summed E-state index contributed by atoms with van der Waals surface area (Å²) >= 11 is 0. The van der Waals surface area contributed by atoms with Crippen molar-refractivity contribution in [2.24, 2.45) is 5.41 Å². The van der Waals surface area contributed by atoms with Crippen LogP contribution >= 0.6 is 0 Å². The van der Waals surface area contributed by atoms with Crippen molar-refractivity contribution in [2.75, 3.05) is 29.4 Å². The van der Waals surface area contributed by atoms with E-state index in [1.807, 2.05) is 43.0 Å². The molecular formula is C38H43F2N3O3. The van der Waals surface area contributed by atoms with Gasteiger partial charge in [-0.1, -0.05) is 50.2 Å². The van der Waals surface area contributed by atoms with E-state index in [4.69, 9.17) is 4.98 Å². The highest BCUT2D eigenvalue weighted by Gasteiger charge is 2.30. The van der Waals surface area contributed by atoms with Gasteiger partial charge in [-0.15, -0.1) is 0 Å². The fraction of sp³-hybridized carbons (Fsp3) is 0.368. The van der Waals surface area contributed by atoms with Crippen molar-refractivity contribution in [2.45, 2.75) is 66.0 Å². The maximum absolute atomic E-state index is 13.5. The molecule has 0 spiro atoms. The standard InChI is InChI=1S/C38H43F2N3O3/c1-25-33(24-35(45)46)37(42-21-18-38(3,4)19-22-42)36(26(2)41-25)29-9-15-32(16-10-29)43(20-17-27-5-11-30(39)12-6-27)34(44)23-28-7-13-31(40)14-8-28/h5-16,34,44H,17-24H2,1-4H3,(H,45,46). The second kappa shape index (κ2) is 14.0. The molecule has 1 atom stereocenters. The minimum atomic E-state index is -0.894. The number of halogens is 2. The summed E-state index contributed by atoms with van der Waals surface area (Å²) in [5.41, 5.74) is 7.88. The number of pyridine rings is 1. The molecule has 8 heteroatoms. The van der Waals surface area contributed by atoms with E-state index in [1.54, 1.807) is 24.3 Å². The number of benzene rings is 3. The summed E-state index contributed by atoms with van der Waals surface area (Å²) in [4.78, 5) is 21.0. The number of carboxylic acid groups (broad SMARTS) is 1. The number of carboxylic acids is 1. The van der Waals surface area contributed by atoms with Crippen molar-refractivity contribution >= 4 is 17.3 Å². The Labute approximate surface area is 270 Å². The van der Waals surface area contributed by atoms with Crippen LogP contribution in [0.2, 0.25) is 0 Å². The SMILES string of the molecule is Cc1nc(C)c(-c2ccc(N(CCc3ccc(F)cc3)C(O)Cc3ccc(F)cc3)cc2)c(N2CCC(C)(C)CC2)c1CC(=O)O. The summed E-state index contributed by atoms with van der Waals surface area (Å²) in [5.74, 6) is -1.52. The summed E-state index contributed by atoms with van der Waals surface area (Å²) in [6.07, 6.45) is 1.89. The Morgan fingerprint density at radius 1 is 0.891 bits per heavy atom. The smallest absolute Gasteiger partial charge is 0.307 e. The van der Waals surface area contributed by atoms with Crippen LogP contribution in [0.1, 0.15) is 54.8 Å².